The van der Waals surface area contributed by atoms with E-state index in [9.17, 15) is 9.90 Å². The van der Waals surface area contributed by atoms with Crippen molar-refractivity contribution in [2.45, 2.75) is 38.8 Å². The summed E-state index contributed by atoms with van der Waals surface area (Å²) in [5, 5.41) is 12.1. The molecule has 1 saturated heterocycles. The number of carbonyl (C=O) groups is 1. The minimum Gasteiger partial charge on any atom is -0.394 e. The number of nitrogens with two attached hydrogens (primary N) is 1. The molecule has 5 nitrogen and oxygen atoms in total. The molecule has 5 heteroatoms. The van der Waals surface area contributed by atoms with Gasteiger partial charge in [0.25, 0.3) is 0 Å². The Morgan fingerprint density at radius 1 is 1.75 bits per heavy atom. The number of aliphatic hydroxyl groups excluding tert-OH is 1. The largest absolute Gasteiger partial charge is 0.394 e. The SMILES string of the molecule is CCC(C)(CO)NC(=O)C1(C)COCC1N. The first-order valence-electron chi connectivity index (χ1n) is 5.65. The lowest BCUT2D eigenvalue weighted by Crippen LogP contribution is -2.57. The van der Waals surface area contributed by atoms with E-state index in [1.54, 1.807) is 6.92 Å². The first-order chi connectivity index (χ1) is 7.38. The maximum absolute atomic E-state index is 12.1. The van der Waals surface area contributed by atoms with E-state index in [4.69, 9.17) is 10.5 Å². The third kappa shape index (κ3) is 2.36. The van der Waals surface area contributed by atoms with Crippen molar-refractivity contribution < 1.29 is 14.6 Å². The molecular weight excluding hydrogens is 208 g/mol. The highest BCUT2D eigenvalue weighted by Gasteiger charge is 2.45. The van der Waals surface area contributed by atoms with Crippen molar-refractivity contribution in [2.75, 3.05) is 19.8 Å². The molecule has 1 aliphatic rings. The van der Waals surface area contributed by atoms with Crippen LogP contribution in [0.1, 0.15) is 27.2 Å². The second kappa shape index (κ2) is 4.69. The van der Waals surface area contributed by atoms with Gasteiger partial charge in [-0.1, -0.05) is 6.92 Å². The summed E-state index contributed by atoms with van der Waals surface area (Å²) < 4.78 is 5.23. The number of hydrogen-bond donors (Lipinski definition) is 3. The fourth-order valence-corrected chi connectivity index (χ4v) is 1.58. The lowest BCUT2D eigenvalue weighted by Gasteiger charge is -2.33. The zero-order valence-electron chi connectivity index (χ0n) is 10.2. The minimum atomic E-state index is -0.689. The molecule has 1 amide bonds. The van der Waals surface area contributed by atoms with Crippen LogP contribution < -0.4 is 11.1 Å². The summed E-state index contributed by atoms with van der Waals surface area (Å²) in [6, 6.07) is -0.285. The first kappa shape index (κ1) is 13.4. The Balaban J connectivity index is 2.71. The third-order valence-corrected chi connectivity index (χ3v) is 3.58. The molecule has 3 unspecified atom stereocenters. The highest BCUT2D eigenvalue weighted by Crippen LogP contribution is 2.28. The summed E-state index contributed by atoms with van der Waals surface area (Å²) in [6.07, 6.45) is 0.668. The average Bonchev–Trinajstić information content (AvgIpc) is 2.60. The second-order valence-electron chi connectivity index (χ2n) is 5.07. The standard InChI is InChI=1S/C11H22N2O3/c1-4-10(2,6-14)13-9(15)11(3)7-16-5-8(11)12/h8,14H,4-7,12H2,1-3H3,(H,13,15). The van der Waals surface area contributed by atoms with Crippen LogP contribution in [0.2, 0.25) is 0 Å². The third-order valence-electron chi connectivity index (χ3n) is 3.58. The van der Waals surface area contributed by atoms with Crippen molar-refractivity contribution in [2.24, 2.45) is 11.1 Å². The maximum Gasteiger partial charge on any atom is 0.230 e. The van der Waals surface area contributed by atoms with Crippen molar-refractivity contribution in [3.63, 3.8) is 0 Å². The number of amides is 1. The average molecular weight is 230 g/mol. The molecule has 0 spiro atoms. The van der Waals surface area contributed by atoms with Crippen LogP contribution in [0, 0.1) is 5.41 Å². The molecule has 3 atom stereocenters. The van der Waals surface area contributed by atoms with Crippen LogP contribution in [-0.4, -0.2) is 42.4 Å². The van der Waals surface area contributed by atoms with Crippen molar-refractivity contribution in [3.8, 4) is 0 Å². The molecule has 0 aromatic rings. The van der Waals surface area contributed by atoms with Gasteiger partial charge in [-0.15, -0.1) is 0 Å². The topological polar surface area (TPSA) is 84.6 Å². The van der Waals surface area contributed by atoms with Gasteiger partial charge in [0.1, 0.15) is 0 Å². The highest BCUT2D eigenvalue weighted by molar-refractivity contribution is 5.84. The van der Waals surface area contributed by atoms with Crippen LogP contribution in [0.15, 0.2) is 0 Å². The fourth-order valence-electron chi connectivity index (χ4n) is 1.58. The summed E-state index contributed by atoms with van der Waals surface area (Å²) in [6.45, 7) is 6.20. The number of nitrogens with one attached hydrogen (secondary N) is 1. The predicted molar refractivity (Wildman–Crippen MR) is 60.8 cm³/mol. The van der Waals surface area contributed by atoms with Gasteiger partial charge >= 0.3 is 0 Å². The predicted octanol–water partition coefficient (Wildman–Crippen LogP) is -0.373. The Labute approximate surface area is 96.3 Å². The van der Waals surface area contributed by atoms with Crippen LogP contribution in [0.25, 0.3) is 0 Å². The van der Waals surface area contributed by atoms with Crippen molar-refractivity contribution in [1.29, 1.82) is 0 Å². The van der Waals surface area contributed by atoms with E-state index in [2.05, 4.69) is 5.32 Å². The molecule has 0 saturated carbocycles. The Morgan fingerprint density at radius 2 is 2.38 bits per heavy atom. The molecule has 0 bridgehead atoms. The molecule has 94 valence electrons. The molecular formula is C11H22N2O3. The van der Waals surface area contributed by atoms with Gasteiger partial charge in [0.15, 0.2) is 0 Å². The van der Waals surface area contributed by atoms with E-state index < -0.39 is 11.0 Å². The van der Waals surface area contributed by atoms with Crippen LogP contribution in [-0.2, 0) is 9.53 Å². The summed E-state index contributed by atoms with van der Waals surface area (Å²) in [4.78, 5) is 12.1. The molecule has 4 N–H and O–H groups in total. The second-order valence-corrected chi connectivity index (χ2v) is 5.07. The lowest BCUT2D eigenvalue weighted by atomic mass is 9.83. The molecule has 1 fully saturated rings. The highest BCUT2D eigenvalue weighted by atomic mass is 16.5. The van der Waals surface area contributed by atoms with Gasteiger partial charge in [-0.3, -0.25) is 4.79 Å². The van der Waals surface area contributed by atoms with E-state index in [0.717, 1.165) is 0 Å². The van der Waals surface area contributed by atoms with Crippen LogP contribution in [0.4, 0.5) is 0 Å². The Bertz CT molecular complexity index is 266. The summed E-state index contributed by atoms with van der Waals surface area (Å²) in [5.41, 5.74) is 4.60. The Kier molecular flexibility index (Phi) is 3.93. The molecule has 0 aromatic heterocycles. The van der Waals surface area contributed by atoms with Gasteiger partial charge in [-0.2, -0.15) is 0 Å². The van der Waals surface area contributed by atoms with E-state index in [0.29, 0.717) is 19.6 Å². The Morgan fingerprint density at radius 3 is 2.75 bits per heavy atom. The number of hydrogen-bond acceptors (Lipinski definition) is 4. The summed E-state index contributed by atoms with van der Waals surface area (Å²) in [5.74, 6) is -0.143. The van der Waals surface area contributed by atoms with Gasteiger partial charge in [0, 0.05) is 6.04 Å². The maximum atomic E-state index is 12.1. The molecule has 0 aliphatic carbocycles. The number of rotatable bonds is 4. The monoisotopic (exact) mass is 230 g/mol. The van der Waals surface area contributed by atoms with Gasteiger partial charge < -0.3 is 20.9 Å². The number of carbonyl (C=O) groups excluding carboxylic acids is 1. The normalized spacial score (nSPS) is 33.4. The smallest absolute Gasteiger partial charge is 0.230 e. The number of aliphatic hydroxyl groups is 1. The van der Waals surface area contributed by atoms with E-state index in [1.165, 1.54) is 0 Å². The van der Waals surface area contributed by atoms with Crippen molar-refractivity contribution in [3.05, 3.63) is 0 Å². The lowest BCUT2D eigenvalue weighted by molar-refractivity contribution is -0.133. The van der Waals surface area contributed by atoms with Gasteiger partial charge in [-0.05, 0) is 20.3 Å². The summed E-state index contributed by atoms with van der Waals surface area (Å²) >= 11 is 0. The Hall–Kier alpha value is -0.650. The van der Waals surface area contributed by atoms with E-state index >= 15 is 0 Å². The molecule has 1 heterocycles. The minimum absolute atomic E-state index is 0.0819. The van der Waals surface area contributed by atoms with Gasteiger partial charge in [0.2, 0.25) is 5.91 Å². The molecule has 0 radical (unpaired) electrons. The van der Waals surface area contributed by atoms with Gasteiger partial charge in [-0.25, -0.2) is 0 Å². The van der Waals surface area contributed by atoms with Crippen molar-refractivity contribution in [1.82, 2.24) is 5.32 Å². The zero-order valence-corrected chi connectivity index (χ0v) is 10.2. The molecule has 16 heavy (non-hydrogen) atoms. The van der Waals surface area contributed by atoms with Crippen LogP contribution >= 0.6 is 0 Å². The van der Waals surface area contributed by atoms with Crippen LogP contribution in [0.3, 0.4) is 0 Å². The first-order valence-corrected chi connectivity index (χ1v) is 5.65. The molecule has 0 aromatic carbocycles. The quantitative estimate of drug-likeness (QED) is 0.615. The fraction of sp³-hybridized carbons (Fsp3) is 0.909. The zero-order chi connectivity index (χ0) is 12.4. The molecule has 1 aliphatic heterocycles. The van der Waals surface area contributed by atoms with E-state index in [1.807, 2.05) is 13.8 Å². The molecule has 1 rings (SSSR count). The van der Waals surface area contributed by atoms with Crippen molar-refractivity contribution >= 4 is 5.91 Å². The van der Waals surface area contributed by atoms with Crippen LogP contribution in [0.5, 0.6) is 0 Å². The van der Waals surface area contributed by atoms with E-state index in [-0.39, 0.29) is 18.6 Å². The number of ether oxygens (including phenoxy) is 1. The van der Waals surface area contributed by atoms with Gasteiger partial charge in [0.05, 0.1) is 30.8 Å². The summed E-state index contributed by atoms with van der Waals surface area (Å²) in [7, 11) is 0.